The molecular formula is C52H78N7O14S+. The summed E-state index contributed by atoms with van der Waals surface area (Å²) in [5, 5.41) is 72.4. The van der Waals surface area contributed by atoms with Gasteiger partial charge in [0.25, 0.3) is 11.8 Å². The van der Waals surface area contributed by atoms with Crippen molar-refractivity contribution in [2.24, 2.45) is 23.5 Å². The molecule has 22 heteroatoms. The van der Waals surface area contributed by atoms with Gasteiger partial charge in [-0.2, -0.15) is 0 Å². The van der Waals surface area contributed by atoms with Gasteiger partial charge in [0.05, 0.1) is 25.2 Å². The fraction of sp³-hybridized carbons (Fsp3) is 0.596. The normalized spacial score (nSPS) is 21.0. The highest BCUT2D eigenvalue weighted by Crippen LogP contribution is 2.33. The van der Waals surface area contributed by atoms with Gasteiger partial charge in [0, 0.05) is 49.5 Å². The highest BCUT2D eigenvalue weighted by atomic mass is 32.1. The largest absolute Gasteiger partial charge is 0.481 e. The molecular weight excluding hydrogens is 979 g/mol. The zero-order chi connectivity index (χ0) is 55.0. The quantitative estimate of drug-likeness (QED) is 0.0447. The monoisotopic (exact) mass is 1060 g/mol. The van der Waals surface area contributed by atoms with Gasteiger partial charge in [-0.3, -0.25) is 24.0 Å². The standard InChI is InChI=1S/C52H77N7O14S/c1-9-11-21-59(8,26-33-17-18-39(35(24-33)55-40(61)19-20-53)72-52-45(65)43(63)44(64)46(73-52)51(70)71)27-41(62)57-42(30(5)10-2)49(67)58(7)37(29(3)4)25-38(60)48-56-36(28-74-48)47(66)54-34(22-31(6)50(68)69)23-32-15-13-12-14-16-32/h12-18,24,28-31,34,37-38,42-46,52,60,63-65H,9-11,19-23,25-27,53H2,1-8H3,(H4-,54,55,57,61,62,66,68,69,70,71)/p+1/t30-,31-,34+,37+,38+,42-,43-,44?,45+,46-,52+,59?/m0/s1. The maximum Gasteiger partial charge on any atom is 0.335 e. The van der Waals surface area contributed by atoms with Crippen LogP contribution in [0, 0.1) is 17.8 Å². The summed E-state index contributed by atoms with van der Waals surface area (Å²) in [5.74, 6) is -5.49. The number of hydrogen-bond donors (Lipinski definition) is 10. The highest BCUT2D eigenvalue weighted by molar-refractivity contribution is 7.09. The maximum atomic E-state index is 14.6. The van der Waals surface area contributed by atoms with E-state index in [0.717, 1.165) is 29.7 Å². The average Bonchev–Trinajstić information content (AvgIpc) is 3.85. The minimum atomic E-state index is -1.94. The van der Waals surface area contributed by atoms with Crippen molar-refractivity contribution >= 4 is 52.6 Å². The molecule has 0 spiro atoms. The molecule has 410 valence electrons. The molecule has 2 aromatic carbocycles. The lowest BCUT2D eigenvalue weighted by Gasteiger charge is -2.38. The lowest BCUT2D eigenvalue weighted by atomic mass is 9.93. The van der Waals surface area contributed by atoms with E-state index in [1.807, 2.05) is 72.0 Å². The molecule has 1 aromatic heterocycles. The van der Waals surface area contributed by atoms with Crippen molar-refractivity contribution in [1.29, 1.82) is 0 Å². The van der Waals surface area contributed by atoms with Crippen LogP contribution >= 0.6 is 11.3 Å². The summed E-state index contributed by atoms with van der Waals surface area (Å²) in [5.41, 5.74) is 7.40. The van der Waals surface area contributed by atoms with Gasteiger partial charge in [-0.25, -0.2) is 9.78 Å². The van der Waals surface area contributed by atoms with Gasteiger partial charge in [0.2, 0.25) is 18.1 Å². The second-order valence-corrected chi connectivity index (χ2v) is 21.0. The molecule has 11 N–H and O–H groups in total. The molecule has 4 rings (SSSR count). The molecule has 2 unspecified atom stereocenters. The van der Waals surface area contributed by atoms with E-state index in [2.05, 4.69) is 20.9 Å². The second kappa shape index (κ2) is 28.3. The van der Waals surface area contributed by atoms with E-state index >= 15 is 0 Å². The van der Waals surface area contributed by atoms with Crippen LogP contribution in [-0.2, 0) is 41.7 Å². The molecule has 0 bridgehead atoms. The number of benzene rings is 2. The van der Waals surface area contributed by atoms with E-state index in [4.69, 9.17) is 15.2 Å². The number of carbonyl (C=O) groups excluding carboxylic acids is 4. The molecule has 0 radical (unpaired) electrons. The Kier molecular flexibility index (Phi) is 23.4. The Labute approximate surface area is 437 Å². The van der Waals surface area contributed by atoms with Gasteiger partial charge >= 0.3 is 11.9 Å². The number of unbranched alkanes of at least 4 members (excludes halogenated alkanes) is 1. The van der Waals surface area contributed by atoms with Gasteiger partial charge in [0.1, 0.15) is 53.5 Å². The van der Waals surface area contributed by atoms with Crippen LogP contribution in [-0.4, -0.2) is 163 Å². The van der Waals surface area contributed by atoms with Crippen molar-refractivity contribution in [2.45, 2.75) is 148 Å². The third-order valence-corrected chi connectivity index (χ3v) is 14.5. The van der Waals surface area contributed by atoms with E-state index in [0.29, 0.717) is 24.9 Å². The Morgan fingerprint density at radius 3 is 2.22 bits per heavy atom. The number of aliphatic hydroxyl groups excluding tert-OH is 4. The van der Waals surface area contributed by atoms with Crippen LogP contribution in [0.5, 0.6) is 5.75 Å². The number of likely N-dealkylation sites (N-methyl/N-ethyl adjacent to an activating group) is 2. The summed E-state index contributed by atoms with van der Waals surface area (Å²) in [6.45, 7) is 12.0. The number of nitrogens with one attached hydrogen (secondary N) is 3. The van der Waals surface area contributed by atoms with E-state index in [-0.39, 0.29) is 89.2 Å². The van der Waals surface area contributed by atoms with Gasteiger partial charge in [-0.05, 0) is 54.9 Å². The number of ether oxygens (including phenoxy) is 2. The molecule has 0 saturated carbocycles. The Bertz CT molecular complexity index is 2340. The molecule has 3 aromatic rings. The van der Waals surface area contributed by atoms with Crippen LogP contribution in [0.25, 0.3) is 0 Å². The number of anilines is 1. The fourth-order valence-corrected chi connectivity index (χ4v) is 9.75. The Hall–Kier alpha value is -5.59. The Balaban J connectivity index is 1.50. The minimum absolute atomic E-state index is 0.0273. The molecule has 1 aliphatic rings. The van der Waals surface area contributed by atoms with E-state index in [9.17, 15) is 59.4 Å². The van der Waals surface area contributed by atoms with Crippen LogP contribution < -0.4 is 26.4 Å². The molecule has 12 atom stereocenters. The van der Waals surface area contributed by atoms with E-state index in [1.54, 1.807) is 31.0 Å². The molecule has 4 amide bonds. The van der Waals surface area contributed by atoms with Crippen molar-refractivity contribution in [3.8, 4) is 5.75 Å². The fourth-order valence-electron chi connectivity index (χ4n) is 8.95. The number of nitrogens with two attached hydrogens (primary N) is 1. The first-order valence-corrected chi connectivity index (χ1v) is 26.1. The third-order valence-electron chi connectivity index (χ3n) is 13.5. The predicted molar refractivity (Wildman–Crippen MR) is 276 cm³/mol. The second-order valence-electron chi connectivity index (χ2n) is 20.1. The number of hydrogen-bond acceptors (Lipinski definition) is 15. The number of aliphatic hydroxyl groups is 4. The van der Waals surface area contributed by atoms with E-state index < -0.39 is 84.6 Å². The van der Waals surface area contributed by atoms with Crippen LogP contribution in [0.15, 0.2) is 53.9 Å². The number of amides is 4. The van der Waals surface area contributed by atoms with Gasteiger partial charge < -0.3 is 71.2 Å². The summed E-state index contributed by atoms with van der Waals surface area (Å²) in [7, 11) is 3.54. The zero-order valence-electron chi connectivity index (χ0n) is 43.7. The zero-order valence-corrected chi connectivity index (χ0v) is 44.5. The number of nitrogens with zero attached hydrogens (tertiary/aromatic N) is 3. The highest BCUT2D eigenvalue weighted by Gasteiger charge is 2.48. The molecule has 1 aliphatic heterocycles. The van der Waals surface area contributed by atoms with Crippen molar-refractivity contribution in [2.75, 3.05) is 39.0 Å². The van der Waals surface area contributed by atoms with Crippen LogP contribution in [0.1, 0.15) is 113 Å². The molecule has 0 aliphatic carbocycles. The van der Waals surface area contributed by atoms with E-state index in [1.165, 1.54) is 11.4 Å². The first kappa shape index (κ1) is 61.0. The van der Waals surface area contributed by atoms with Crippen molar-refractivity contribution in [1.82, 2.24) is 20.5 Å². The summed E-state index contributed by atoms with van der Waals surface area (Å²) in [6.07, 6.45) is -7.82. The number of thiazole rings is 1. The van der Waals surface area contributed by atoms with Crippen LogP contribution in [0.2, 0.25) is 0 Å². The summed E-state index contributed by atoms with van der Waals surface area (Å²) < 4.78 is 11.3. The summed E-state index contributed by atoms with van der Waals surface area (Å²) in [4.78, 5) is 84.6. The van der Waals surface area contributed by atoms with Gasteiger partial charge in [-0.1, -0.05) is 84.7 Å². The number of quaternary nitrogens is 1. The predicted octanol–water partition coefficient (Wildman–Crippen LogP) is 3.04. The van der Waals surface area contributed by atoms with Crippen LogP contribution in [0.4, 0.5) is 5.69 Å². The first-order valence-electron chi connectivity index (χ1n) is 25.2. The Morgan fingerprint density at radius 2 is 1.61 bits per heavy atom. The molecule has 1 saturated heterocycles. The molecule has 1 fully saturated rings. The topological polar surface area (TPSA) is 320 Å². The van der Waals surface area contributed by atoms with Crippen molar-refractivity contribution < 1.29 is 73.4 Å². The molecule has 21 nitrogen and oxygen atoms in total. The number of aliphatic carboxylic acids is 2. The molecule has 2 heterocycles. The van der Waals surface area contributed by atoms with Gasteiger partial charge in [-0.15, -0.1) is 11.3 Å². The minimum Gasteiger partial charge on any atom is -0.481 e. The summed E-state index contributed by atoms with van der Waals surface area (Å²) >= 11 is 1.10. The third kappa shape index (κ3) is 17.2. The molecule has 74 heavy (non-hydrogen) atoms. The smallest absolute Gasteiger partial charge is 0.335 e. The summed E-state index contributed by atoms with van der Waals surface area (Å²) in [6, 6.07) is 12.2. The van der Waals surface area contributed by atoms with Crippen LogP contribution in [0.3, 0.4) is 0 Å². The number of carboxylic acids is 2. The Morgan fingerprint density at radius 1 is 0.919 bits per heavy atom. The SMILES string of the molecule is CCCC[N+](C)(CC(=O)N[C@H](C(=O)N(C)[C@H](C[C@@H](O)c1nc(C(=O)N[C@@H](Cc2ccccc2)C[C@H](C)C(=O)O)cs1)C(C)C)[C@@H](C)CC)Cc1ccc(O[C@@H]2O[C@H](C(=O)O)C(O)[C@H](O)[C@H]2O)c(NC(=O)CCN)c1. The van der Waals surface area contributed by atoms with Crippen molar-refractivity contribution in [3.05, 3.63) is 75.7 Å². The number of carboxylic acid groups (broad SMARTS) is 2. The number of aromatic nitrogens is 1. The average molecular weight is 1060 g/mol. The maximum absolute atomic E-state index is 14.6. The van der Waals surface area contributed by atoms with Gasteiger partial charge in [0.15, 0.2) is 12.6 Å². The first-order chi connectivity index (χ1) is 34.9. The number of carbonyl (C=O) groups is 6. The lowest BCUT2D eigenvalue weighted by molar-refractivity contribution is -0.915. The number of rotatable bonds is 29. The lowest BCUT2D eigenvalue weighted by Crippen LogP contribution is -2.61. The van der Waals surface area contributed by atoms with Crippen molar-refractivity contribution in [3.63, 3.8) is 0 Å².